The molecule has 3 nitrogen and oxygen atoms in total. The highest BCUT2D eigenvalue weighted by Gasteiger charge is 2.29. The number of phenolic OH excluding ortho intramolecular Hbond substituents is 1. The van der Waals surface area contributed by atoms with Gasteiger partial charge in [-0.15, -0.1) is 0 Å². The SMILES string of the molecule is C[C@H]1Sc2ncccc2O[C@@H]1c1ccc(O)cc1. The number of thioether (sulfide) groups is 1. The molecule has 1 aliphatic rings. The fraction of sp³-hybridized carbons (Fsp3) is 0.214. The number of phenols is 1. The number of pyridine rings is 1. The summed E-state index contributed by atoms with van der Waals surface area (Å²) in [6.07, 6.45) is 1.77. The molecule has 1 aromatic heterocycles. The van der Waals surface area contributed by atoms with Gasteiger partial charge in [-0.05, 0) is 36.8 Å². The molecule has 0 saturated heterocycles. The van der Waals surface area contributed by atoms with Crippen LogP contribution in [0.1, 0.15) is 18.6 Å². The second-order valence-corrected chi connectivity index (χ2v) is 5.63. The summed E-state index contributed by atoms with van der Waals surface area (Å²) >= 11 is 1.72. The van der Waals surface area contributed by atoms with Gasteiger partial charge in [0.2, 0.25) is 0 Å². The van der Waals surface area contributed by atoms with Gasteiger partial charge in [0.25, 0.3) is 0 Å². The molecular formula is C14H13NO2S. The number of aromatic nitrogens is 1. The summed E-state index contributed by atoms with van der Waals surface area (Å²) < 4.78 is 6.01. The number of benzene rings is 1. The Labute approximate surface area is 110 Å². The lowest BCUT2D eigenvalue weighted by molar-refractivity contribution is 0.193. The van der Waals surface area contributed by atoms with Gasteiger partial charge >= 0.3 is 0 Å². The molecule has 0 amide bonds. The lowest BCUT2D eigenvalue weighted by atomic mass is 10.1. The maximum Gasteiger partial charge on any atom is 0.152 e. The lowest BCUT2D eigenvalue weighted by Crippen LogP contribution is -2.22. The zero-order valence-corrected chi connectivity index (χ0v) is 10.7. The molecule has 2 atom stereocenters. The minimum atomic E-state index is -0.00713. The number of rotatable bonds is 1. The van der Waals surface area contributed by atoms with E-state index in [-0.39, 0.29) is 17.1 Å². The molecule has 0 spiro atoms. The van der Waals surface area contributed by atoms with Gasteiger partial charge in [-0.3, -0.25) is 0 Å². The van der Waals surface area contributed by atoms with Crippen LogP contribution in [-0.2, 0) is 0 Å². The van der Waals surface area contributed by atoms with Crippen molar-refractivity contribution in [1.29, 1.82) is 0 Å². The summed E-state index contributed by atoms with van der Waals surface area (Å²) in [4.78, 5) is 4.31. The van der Waals surface area contributed by atoms with Crippen LogP contribution in [-0.4, -0.2) is 15.3 Å². The van der Waals surface area contributed by atoms with Crippen LogP contribution in [0.25, 0.3) is 0 Å². The third-order valence-corrected chi connectivity index (χ3v) is 4.08. The van der Waals surface area contributed by atoms with Crippen molar-refractivity contribution < 1.29 is 9.84 Å². The van der Waals surface area contributed by atoms with Crippen molar-refractivity contribution in [2.24, 2.45) is 0 Å². The Morgan fingerprint density at radius 3 is 2.78 bits per heavy atom. The van der Waals surface area contributed by atoms with E-state index < -0.39 is 0 Å². The van der Waals surface area contributed by atoms with Crippen LogP contribution < -0.4 is 4.74 Å². The third-order valence-electron chi connectivity index (χ3n) is 2.94. The van der Waals surface area contributed by atoms with Crippen LogP contribution >= 0.6 is 11.8 Å². The Morgan fingerprint density at radius 1 is 1.22 bits per heavy atom. The smallest absolute Gasteiger partial charge is 0.152 e. The van der Waals surface area contributed by atoms with Crippen molar-refractivity contribution in [3.8, 4) is 11.5 Å². The fourth-order valence-electron chi connectivity index (χ4n) is 2.03. The van der Waals surface area contributed by atoms with Crippen molar-refractivity contribution >= 4 is 11.8 Å². The van der Waals surface area contributed by atoms with Gasteiger partial charge in [0.15, 0.2) is 5.75 Å². The molecular weight excluding hydrogens is 246 g/mol. The third kappa shape index (κ3) is 2.04. The molecule has 18 heavy (non-hydrogen) atoms. The predicted molar refractivity (Wildman–Crippen MR) is 71.0 cm³/mol. The summed E-state index contributed by atoms with van der Waals surface area (Å²) in [6.45, 7) is 2.12. The van der Waals surface area contributed by atoms with Crippen LogP contribution in [0, 0.1) is 0 Å². The maximum absolute atomic E-state index is 9.32. The van der Waals surface area contributed by atoms with Gasteiger partial charge in [0, 0.05) is 11.4 Å². The van der Waals surface area contributed by atoms with E-state index in [0.717, 1.165) is 16.3 Å². The van der Waals surface area contributed by atoms with Gasteiger partial charge in [-0.2, -0.15) is 0 Å². The fourth-order valence-corrected chi connectivity index (χ4v) is 3.07. The Hall–Kier alpha value is -1.68. The van der Waals surface area contributed by atoms with Gasteiger partial charge in [-0.25, -0.2) is 4.98 Å². The van der Waals surface area contributed by atoms with E-state index in [1.54, 1.807) is 30.1 Å². The molecule has 0 unspecified atom stereocenters. The first-order valence-electron chi connectivity index (χ1n) is 5.81. The van der Waals surface area contributed by atoms with E-state index in [1.165, 1.54) is 0 Å². The van der Waals surface area contributed by atoms with Crippen molar-refractivity contribution in [2.75, 3.05) is 0 Å². The second kappa shape index (κ2) is 4.53. The average molecular weight is 259 g/mol. The number of fused-ring (bicyclic) bond motifs is 1. The average Bonchev–Trinajstić information content (AvgIpc) is 2.39. The molecule has 1 aromatic carbocycles. The maximum atomic E-state index is 9.32. The Balaban J connectivity index is 1.93. The van der Waals surface area contributed by atoms with Crippen LogP contribution in [0.15, 0.2) is 47.6 Å². The van der Waals surface area contributed by atoms with Crippen molar-refractivity contribution in [3.63, 3.8) is 0 Å². The monoisotopic (exact) mass is 259 g/mol. The normalized spacial score (nSPS) is 22.1. The summed E-state index contributed by atoms with van der Waals surface area (Å²) in [5.41, 5.74) is 1.07. The molecule has 1 aliphatic heterocycles. The molecule has 0 aliphatic carbocycles. The standard InChI is InChI=1S/C14H13NO2S/c1-9-13(10-4-6-11(16)7-5-10)17-12-3-2-8-15-14(12)18-9/h2-9,13,16H,1H3/t9-,13+/m1/s1. The van der Waals surface area contributed by atoms with Gasteiger partial charge in [0.05, 0.1) is 0 Å². The van der Waals surface area contributed by atoms with Crippen LogP contribution in [0.5, 0.6) is 11.5 Å². The van der Waals surface area contributed by atoms with Crippen molar-refractivity contribution in [3.05, 3.63) is 48.2 Å². The van der Waals surface area contributed by atoms with E-state index >= 15 is 0 Å². The van der Waals surface area contributed by atoms with E-state index in [2.05, 4.69) is 11.9 Å². The van der Waals surface area contributed by atoms with Gasteiger partial charge in [0.1, 0.15) is 16.9 Å². The van der Waals surface area contributed by atoms with E-state index in [0.29, 0.717) is 0 Å². The quantitative estimate of drug-likeness (QED) is 0.852. The minimum absolute atomic E-state index is 0.00713. The Morgan fingerprint density at radius 2 is 2.00 bits per heavy atom. The van der Waals surface area contributed by atoms with Crippen molar-refractivity contribution in [2.45, 2.75) is 23.3 Å². The molecule has 3 rings (SSSR count). The zero-order valence-electron chi connectivity index (χ0n) is 9.91. The molecule has 2 aromatic rings. The van der Waals surface area contributed by atoms with Gasteiger partial charge < -0.3 is 9.84 Å². The lowest BCUT2D eigenvalue weighted by Gasteiger charge is -2.30. The number of nitrogens with zero attached hydrogens (tertiary/aromatic N) is 1. The van der Waals surface area contributed by atoms with E-state index in [9.17, 15) is 5.11 Å². The highest BCUT2D eigenvalue weighted by molar-refractivity contribution is 8.00. The summed E-state index contributed by atoms with van der Waals surface area (Å²) in [7, 11) is 0. The van der Waals surface area contributed by atoms with E-state index in [4.69, 9.17) is 4.74 Å². The van der Waals surface area contributed by atoms with Crippen LogP contribution in [0.2, 0.25) is 0 Å². The van der Waals surface area contributed by atoms with Crippen molar-refractivity contribution in [1.82, 2.24) is 4.98 Å². The second-order valence-electron chi connectivity index (χ2n) is 4.26. The molecule has 0 bridgehead atoms. The summed E-state index contributed by atoms with van der Waals surface area (Å²) in [5.74, 6) is 1.11. The number of hydrogen-bond acceptors (Lipinski definition) is 4. The first kappa shape index (κ1) is 11.4. The molecule has 2 heterocycles. The molecule has 0 radical (unpaired) electrons. The number of ether oxygens (including phenoxy) is 1. The first-order chi connectivity index (χ1) is 8.74. The summed E-state index contributed by atoms with van der Waals surface area (Å²) in [6, 6.07) is 11.0. The zero-order chi connectivity index (χ0) is 12.5. The highest BCUT2D eigenvalue weighted by atomic mass is 32.2. The van der Waals surface area contributed by atoms with Crippen LogP contribution in [0.4, 0.5) is 0 Å². The largest absolute Gasteiger partial charge is 0.508 e. The van der Waals surface area contributed by atoms with E-state index in [1.807, 2.05) is 24.3 Å². The summed E-state index contributed by atoms with van der Waals surface area (Å²) in [5, 5.41) is 10.6. The molecule has 1 N–H and O–H groups in total. The first-order valence-corrected chi connectivity index (χ1v) is 6.69. The minimum Gasteiger partial charge on any atom is -0.508 e. The molecule has 0 saturated carbocycles. The molecule has 4 heteroatoms. The Kier molecular flexibility index (Phi) is 2.88. The number of hydrogen-bond donors (Lipinski definition) is 1. The topological polar surface area (TPSA) is 42.4 Å². The predicted octanol–water partition coefficient (Wildman–Crippen LogP) is 3.40. The van der Waals surface area contributed by atoms with Gasteiger partial charge in [-0.1, -0.05) is 23.9 Å². The molecule has 0 fully saturated rings. The highest BCUT2D eigenvalue weighted by Crippen LogP contribution is 2.43. The molecule has 92 valence electrons. The number of aromatic hydroxyl groups is 1. The Bertz CT molecular complexity index is 556. The van der Waals surface area contributed by atoms with Crippen LogP contribution in [0.3, 0.4) is 0 Å².